The van der Waals surface area contributed by atoms with E-state index in [0.717, 1.165) is 5.56 Å². The first kappa shape index (κ1) is 18.5. The third-order valence-electron chi connectivity index (χ3n) is 5.20. The summed E-state index contributed by atoms with van der Waals surface area (Å²) >= 11 is 5.99. The molecule has 3 fully saturated rings. The van der Waals surface area contributed by atoms with Crippen LogP contribution >= 0.6 is 11.6 Å². The largest absolute Gasteiger partial charge is 0.370 e. The van der Waals surface area contributed by atoms with E-state index < -0.39 is 0 Å². The molecule has 0 aliphatic carbocycles. The molecule has 0 bridgehead atoms. The van der Waals surface area contributed by atoms with E-state index >= 15 is 0 Å². The van der Waals surface area contributed by atoms with Crippen LogP contribution in [-0.2, 0) is 20.9 Å². The summed E-state index contributed by atoms with van der Waals surface area (Å²) in [7, 11) is 0. The van der Waals surface area contributed by atoms with Gasteiger partial charge in [0.1, 0.15) is 12.4 Å². The van der Waals surface area contributed by atoms with Crippen LogP contribution < -0.4 is 5.32 Å². The van der Waals surface area contributed by atoms with Gasteiger partial charge in [-0.3, -0.25) is 4.79 Å². The second-order valence-electron chi connectivity index (χ2n) is 7.11. The van der Waals surface area contributed by atoms with E-state index in [0.29, 0.717) is 37.6 Å². The molecule has 146 valence electrons. The number of rotatable bonds is 3. The van der Waals surface area contributed by atoms with E-state index in [9.17, 15) is 14.0 Å². The Labute approximate surface area is 161 Å². The minimum absolute atomic E-state index is 0.0142. The van der Waals surface area contributed by atoms with Gasteiger partial charge < -0.3 is 24.6 Å². The van der Waals surface area contributed by atoms with Gasteiger partial charge in [-0.1, -0.05) is 17.7 Å². The van der Waals surface area contributed by atoms with Gasteiger partial charge in [0.2, 0.25) is 5.91 Å². The number of morpholine rings is 1. The van der Waals surface area contributed by atoms with Crippen LogP contribution in [0.25, 0.3) is 0 Å². The first-order valence-corrected chi connectivity index (χ1v) is 9.38. The van der Waals surface area contributed by atoms with Crippen molar-refractivity contribution < 1.29 is 23.5 Å². The average molecular weight is 398 g/mol. The summed E-state index contributed by atoms with van der Waals surface area (Å²) in [6, 6.07) is 4.02. The molecule has 4 rings (SSSR count). The van der Waals surface area contributed by atoms with E-state index in [1.54, 1.807) is 15.9 Å². The highest BCUT2D eigenvalue weighted by Gasteiger charge is 2.40. The lowest BCUT2D eigenvalue weighted by Gasteiger charge is -2.45. The molecule has 1 aromatic carbocycles. The third-order valence-corrected chi connectivity index (χ3v) is 5.55. The number of halogens is 2. The number of nitrogens with zero attached hydrogens (tertiary/aromatic N) is 2. The highest BCUT2D eigenvalue weighted by molar-refractivity contribution is 6.31. The van der Waals surface area contributed by atoms with Crippen molar-refractivity contribution in [2.24, 2.45) is 0 Å². The van der Waals surface area contributed by atoms with Crippen LogP contribution in [0.15, 0.2) is 18.2 Å². The first-order valence-electron chi connectivity index (χ1n) is 9.00. The van der Waals surface area contributed by atoms with Crippen molar-refractivity contribution in [3.05, 3.63) is 34.6 Å². The zero-order chi connectivity index (χ0) is 19.0. The Morgan fingerprint density at radius 3 is 2.93 bits per heavy atom. The predicted molar refractivity (Wildman–Crippen MR) is 94.8 cm³/mol. The maximum absolute atomic E-state index is 13.1. The van der Waals surface area contributed by atoms with Crippen LogP contribution in [0, 0.1) is 5.82 Å². The molecule has 1 N–H and O–H groups in total. The average Bonchev–Trinajstić information content (AvgIpc) is 2.61. The van der Waals surface area contributed by atoms with E-state index in [1.165, 1.54) is 12.1 Å². The van der Waals surface area contributed by atoms with E-state index in [2.05, 4.69) is 5.32 Å². The Bertz CT molecular complexity index is 743. The monoisotopic (exact) mass is 397 g/mol. The van der Waals surface area contributed by atoms with Crippen molar-refractivity contribution in [1.82, 2.24) is 15.1 Å². The van der Waals surface area contributed by atoms with Gasteiger partial charge in [0.05, 0.1) is 37.9 Å². The molecule has 0 saturated carbocycles. The van der Waals surface area contributed by atoms with E-state index in [-0.39, 0.29) is 49.2 Å². The summed E-state index contributed by atoms with van der Waals surface area (Å²) in [5.74, 6) is -0.519. The topological polar surface area (TPSA) is 71.1 Å². The number of amides is 3. The molecule has 3 aliphatic rings. The fourth-order valence-corrected chi connectivity index (χ4v) is 3.84. The lowest BCUT2D eigenvalue weighted by molar-refractivity contribution is -0.140. The van der Waals surface area contributed by atoms with Gasteiger partial charge in [-0.25, -0.2) is 9.18 Å². The summed E-state index contributed by atoms with van der Waals surface area (Å²) in [6.07, 6.45) is 0.637. The maximum atomic E-state index is 13.1. The summed E-state index contributed by atoms with van der Waals surface area (Å²) in [5, 5.41) is 3.23. The number of fused-ring (bicyclic) bond motifs is 1. The van der Waals surface area contributed by atoms with Crippen molar-refractivity contribution in [2.75, 3.05) is 32.8 Å². The van der Waals surface area contributed by atoms with Crippen molar-refractivity contribution >= 4 is 23.5 Å². The van der Waals surface area contributed by atoms with Gasteiger partial charge in [0, 0.05) is 18.1 Å². The number of ether oxygens (including phenoxy) is 2. The Balaban J connectivity index is 1.23. The molecule has 0 unspecified atom stereocenters. The number of likely N-dealkylation sites (tertiary alicyclic amines) is 2. The smallest absolute Gasteiger partial charge is 0.320 e. The molecule has 2 atom stereocenters. The maximum Gasteiger partial charge on any atom is 0.320 e. The second-order valence-corrected chi connectivity index (χ2v) is 7.52. The van der Waals surface area contributed by atoms with E-state index in [4.69, 9.17) is 21.1 Å². The molecular weight excluding hydrogens is 377 g/mol. The van der Waals surface area contributed by atoms with Crippen LogP contribution in [0.3, 0.4) is 0 Å². The molecule has 7 nitrogen and oxygen atoms in total. The van der Waals surface area contributed by atoms with Gasteiger partial charge in [0.15, 0.2) is 0 Å². The molecule has 1 aromatic rings. The summed E-state index contributed by atoms with van der Waals surface area (Å²) < 4.78 is 24.3. The number of urea groups is 1. The minimum Gasteiger partial charge on any atom is -0.370 e. The van der Waals surface area contributed by atoms with Gasteiger partial charge in [-0.05, 0) is 24.1 Å². The Morgan fingerprint density at radius 1 is 1.33 bits per heavy atom. The van der Waals surface area contributed by atoms with Crippen molar-refractivity contribution in [3.63, 3.8) is 0 Å². The fourth-order valence-electron chi connectivity index (χ4n) is 3.62. The normalized spacial score (nSPS) is 25.6. The highest BCUT2D eigenvalue weighted by atomic mass is 35.5. The van der Waals surface area contributed by atoms with Gasteiger partial charge in [-0.15, -0.1) is 0 Å². The van der Waals surface area contributed by atoms with E-state index in [1.807, 2.05) is 0 Å². The first-order chi connectivity index (χ1) is 13.0. The van der Waals surface area contributed by atoms with Gasteiger partial charge in [-0.2, -0.15) is 0 Å². The van der Waals surface area contributed by atoms with Crippen molar-refractivity contribution in [3.8, 4) is 0 Å². The van der Waals surface area contributed by atoms with Crippen LogP contribution in [-0.4, -0.2) is 72.8 Å². The lowest BCUT2D eigenvalue weighted by Crippen LogP contribution is -2.65. The molecule has 0 spiro atoms. The molecule has 0 radical (unpaired) electrons. The Kier molecular flexibility index (Phi) is 5.21. The number of carbonyl (C=O) groups excluding carboxylic acids is 2. The fraction of sp³-hybridized carbons (Fsp3) is 0.556. The molecule has 0 aromatic heterocycles. The standard InChI is InChI=1S/C18H21ClFN3O4/c19-14-5-12(20)2-1-11(14)9-26-13-6-23(7-13)18(25)22-4-3-16-15(8-22)21-17(24)10-27-16/h1-2,5,13,15-16H,3-4,6-10H2,(H,21,24)/t15-,16+/m1/s1. The molecule has 3 saturated heterocycles. The number of piperidine rings is 1. The zero-order valence-electron chi connectivity index (χ0n) is 14.7. The number of nitrogens with one attached hydrogen (secondary N) is 1. The van der Waals surface area contributed by atoms with Crippen LogP contribution in [0.4, 0.5) is 9.18 Å². The summed E-state index contributed by atoms with van der Waals surface area (Å²) in [6.45, 7) is 2.46. The van der Waals surface area contributed by atoms with Crippen LogP contribution in [0.1, 0.15) is 12.0 Å². The number of hydrogen-bond donors (Lipinski definition) is 1. The van der Waals surface area contributed by atoms with Gasteiger partial charge in [0.25, 0.3) is 0 Å². The van der Waals surface area contributed by atoms with Crippen molar-refractivity contribution in [1.29, 1.82) is 0 Å². The molecule has 9 heteroatoms. The quantitative estimate of drug-likeness (QED) is 0.836. The summed E-state index contributed by atoms with van der Waals surface area (Å²) in [5.41, 5.74) is 0.720. The minimum atomic E-state index is -0.382. The Hall–Kier alpha value is -1.90. The number of benzene rings is 1. The summed E-state index contributed by atoms with van der Waals surface area (Å²) in [4.78, 5) is 27.6. The van der Waals surface area contributed by atoms with Gasteiger partial charge >= 0.3 is 6.03 Å². The zero-order valence-corrected chi connectivity index (χ0v) is 15.5. The van der Waals surface area contributed by atoms with Crippen LogP contribution in [0.5, 0.6) is 0 Å². The molecular formula is C18H21ClFN3O4. The Morgan fingerprint density at radius 2 is 2.15 bits per heavy atom. The van der Waals surface area contributed by atoms with Crippen molar-refractivity contribution in [2.45, 2.75) is 31.3 Å². The lowest BCUT2D eigenvalue weighted by atomic mass is 10.0. The molecule has 27 heavy (non-hydrogen) atoms. The third kappa shape index (κ3) is 4.02. The molecule has 3 heterocycles. The van der Waals surface area contributed by atoms with Crippen LogP contribution in [0.2, 0.25) is 5.02 Å². The highest BCUT2D eigenvalue weighted by Crippen LogP contribution is 2.23. The number of hydrogen-bond acceptors (Lipinski definition) is 4. The predicted octanol–water partition coefficient (Wildman–Crippen LogP) is 1.39. The number of carbonyl (C=O) groups is 2. The second kappa shape index (κ2) is 7.61. The molecule has 3 aliphatic heterocycles. The SMILES string of the molecule is O=C1CO[C@H]2CCN(C(=O)N3CC(OCc4ccc(F)cc4Cl)C3)C[C@H]2N1. The molecule has 3 amide bonds.